The zero-order valence-corrected chi connectivity index (χ0v) is 14.5. The molecule has 2 aromatic heterocycles. The van der Waals surface area contributed by atoms with Gasteiger partial charge < -0.3 is 15.5 Å². The minimum Gasteiger partial charge on any atom is -0.370 e. The molecular formula is C17H23N5OS. The molecule has 0 radical (unpaired) electrons. The highest BCUT2D eigenvalue weighted by Gasteiger charge is 2.21. The first-order chi connectivity index (χ1) is 11.8. The summed E-state index contributed by atoms with van der Waals surface area (Å²) < 4.78 is 2.01. The van der Waals surface area contributed by atoms with Gasteiger partial charge in [0.25, 0.3) is 0 Å². The standard InChI is InChI=1S/C17H23N5OS/c23-17(21-7-3-15-14(12-21)4-8-24-15)2-5-18-9-13-10-19-16-1-6-20-22(16)11-13/h1,4,6,8,13,18-19H,2-3,5,7,9-12H2/t13-/m0/s1. The molecule has 4 heterocycles. The van der Waals surface area contributed by atoms with Crippen LogP contribution in [-0.2, 0) is 24.3 Å². The van der Waals surface area contributed by atoms with Gasteiger partial charge in [-0.1, -0.05) is 0 Å². The normalized spacial score (nSPS) is 19.5. The van der Waals surface area contributed by atoms with Crippen LogP contribution in [0.3, 0.4) is 0 Å². The lowest BCUT2D eigenvalue weighted by molar-refractivity contribution is -0.132. The van der Waals surface area contributed by atoms with Gasteiger partial charge in [-0.3, -0.25) is 4.79 Å². The molecule has 0 unspecified atom stereocenters. The summed E-state index contributed by atoms with van der Waals surface area (Å²) >= 11 is 1.81. The second-order valence-corrected chi connectivity index (χ2v) is 7.53. The van der Waals surface area contributed by atoms with Crippen molar-refractivity contribution in [3.8, 4) is 0 Å². The third kappa shape index (κ3) is 3.32. The maximum atomic E-state index is 12.4. The summed E-state index contributed by atoms with van der Waals surface area (Å²) in [6.07, 6.45) is 3.41. The summed E-state index contributed by atoms with van der Waals surface area (Å²) in [6.45, 7) is 5.19. The highest BCUT2D eigenvalue weighted by atomic mass is 32.1. The van der Waals surface area contributed by atoms with Crippen LogP contribution in [0.4, 0.5) is 5.82 Å². The molecule has 7 heteroatoms. The summed E-state index contributed by atoms with van der Waals surface area (Å²) in [5.41, 5.74) is 1.33. The summed E-state index contributed by atoms with van der Waals surface area (Å²) in [5, 5.41) is 13.3. The van der Waals surface area contributed by atoms with Gasteiger partial charge in [0.15, 0.2) is 0 Å². The van der Waals surface area contributed by atoms with Crippen LogP contribution in [0, 0.1) is 5.92 Å². The van der Waals surface area contributed by atoms with E-state index >= 15 is 0 Å². The van der Waals surface area contributed by atoms with Crippen LogP contribution in [0.15, 0.2) is 23.7 Å². The van der Waals surface area contributed by atoms with Crippen LogP contribution < -0.4 is 10.6 Å². The Kier molecular flexibility index (Phi) is 4.53. The molecule has 2 N–H and O–H groups in total. The highest BCUT2D eigenvalue weighted by Crippen LogP contribution is 2.24. The Morgan fingerprint density at radius 2 is 2.42 bits per heavy atom. The van der Waals surface area contributed by atoms with Crippen molar-refractivity contribution in [1.29, 1.82) is 0 Å². The summed E-state index contributed by atoms with van der Waals surface area (Å²) in [7, 11) is 0. The Labute approximate surface area is 145 Å². The number of amides is 1. The Hall–Kier alpha value is -1.86. The van der Waals surface area contributed by atoms with Crippen LogP contribution in [0.1, 0.15) is 16.9 Å². The van der Waals surface area contributed by atoms with Crippen molar-refractivity contribution in [1.82, 2.24) is 20.0 Å². The fourth-order valence-corrected chi connectivity index (χ4v) is 4.33. The summed E-state index contributed by atoms with van der Waals surface area (Å²) in [6, 6.07) is 4.15. The van der Waals surface area contributed by atoms with E-state index < -0.39 is 0 Å². The molecule has 4 rings (SSSR count). The molecule has 24 heavy (non-hydrogen) atoms. The van der Waals surface area contributed by atoms with E-state index in [0.717, 1.165) is 51.5 Å². The van der Waals surface area contributed by atoms with Gasteiger partial charge in [0, 0.05) is 62.6 Å². The summed E-state index contributed by atoms with van der Waals surface area (Å²) in [5.74, 6) is 1.87. The van der Waals surface area contributed by atoms with E-state index in [9.17, 15) is 4.79 Å². The Bertz CT molecular complexity index is 709. The zero-order chi connectivity index (χ0) is 16.4. The van der Waals surface area contributed by atoms with Crippen LogP contribution in [-0.4, -0.2) is 46.8 Å². The number of nitrogens with zero attached hydrogens (tertiary/aromatic N) is 3. The second kappa shape index (κ2) is 6.94. The molecule has 0 saturated heterocycles. The third-order valence-electron chi connectivity index (χ3n) is 4.83. The molecule has 0 bridgehead atoms. The van der Waals surface area contributed by atoms with Crippen molar-refractivity contribution in [2.24, 2.45) is 5.92 Å². The lowest BCUT2D eigenvalue weighted by Crippen LogP contribution is -2.39. The van der Waals surface area contributed by atoms with E-state index in [-0.39, 0.29) is 5.91 Å². The first-order valence-corrected chi connectivity index (χ1v) is 9.47. The van der Waals surface area contributed by atoms with Crippen molar-refractivity contribution in [2.45, 2.75) is 25.9 Å². The number of fused-ring (bicyclic) bond motifs is 2. The first-order valence-electron chi connectivity index (χ1n) is 8.59. The van der Waals surface area contributed by atoms with E-state index in [1.165, 1.54) is 10.4 Å². The molecule has 6 nitrogen and oxygen atoms in total. The van der Waals surface area contributed by atoms with Gasteiger partial charge >= 0.3 is 0 Å². The molecule has 1 amide bonds. The Morgan fingerprint density at radius 3 is 3.38 bits per heavy atom. The van der Waals surface area contributed by atoms with E-state index in [0.29, 0.717) is 12.3 Å². The largest absolute Gasteiger partial charge is 0.370 e. The number of nitrogens with one attached hydrogen (secondary N) is 2. The second-order valence-electron chi connectivity index (χ2n) is 6.53. The molecule has 1 atom stereocenters. The predicted octanol–water partition coefficient (Wildman–Crippen LogP) is 1.55. The molecule has 2 aromatic rings. The smallest absolute Gasteiger partial charge is 0.224 e. The van der Waals surface area contributed by atoms with Crippen LogP contribution in [0.2, 0.25) is 0 Å². The van der Waals surface area contributed by atoms with Gasteiger partial charge in [-0.05, 0) is 23.4 Å². The minimum absolute atomic E-state index is 0.260. The Balaban J connectivity index is 1.18. The number of carbonyl (C=O) groups is 1. The molecule has 128 valence electrons. The van der Waals surface area contributed by atoms with Gasteiger partial charge in [0.05, 0.1) is 6.20 Å². The van der Waals surface area contributed by atoms with Gasteiger partial charge in [0.1, 0.15) is 5.82 Å². The number of carbonyl (C=O) groups excluding carboxylic acids is 1. The molecule has 2 aliphatic rings. The fraction of sp³-hybridized carbons (Fsp3) is 0.529. The van der Waals surface area contributed by atoms with Gasteiger partial charge in [0.2, 0.25) is 5.91 Å². The van der Waals surface area contributed by atoms with E-state index in [1.807, 2.05) is 33.2 Å². The molecule has 0 aliphatic carbocycles. The number of rotatable bonds is 5. The van der Waals surface area contributed by atoms with E-state index in [2.05, 4.69) is 27.2 Å². The molecule has 0 saturated carbocycles. The number of thiophene rings is 1. The molecule has 0 fully saturated rings. The van der Waals surface area contributed by atoms with E-state index in [4.69, 9.17) is 0 Å². The van der Waals surface area contributed by atoms with Gasteiger partial charge in [-0.15, -0.1) is 11.3 Å². The van der Waals surface area contributed by atoms with Crippen molar-refractivity contribution in [2.75, 3.05) is 31.5 Å². The molecule has 0 aromatic carbocycles. The maximum absolute atomic E-state index is 12.4. The SMILES string of the molecule is O=C(CCNC[C@H]1CNc2ccnn2C1)N1CCc2sccc2C1. The minimum atomic E-state index is 0.260. The topological polar surface area (TPSA) is 62.2 Å². The van der Waals surface area contributed by atoms with Crippen molar-refractivity contribution < 1.29 is 4.79 Å². The summed E-state index contributed by atoms with van der Waals surface area (Å²) in [4.78, 5) is 15.8. The third-order valence-corrected chi connectivity index (χ3v) is 5.85. The first kappa shape index (κ1) is 15.7. The molecular weight excluding hydrogens is 322 g/mol. The average molecular weight is 345 g/mol. The van der Waals surface area contributed by atoms with E-state index in [1.54, 1.807) is 0 Å². The number of hydrogen-bond donors (Lipinski definition) is 2. The highest BCUT2D eigenvalue weighted by molar-refractivity contribution is 7.10. The fourth-order valence-electron chi connectivity index (χ4n) is 3.44. The van der Waals surface area contributed by atoms with Crippen molar-refractivity contribution in [3.63, 3.8) is 0 Å². The predicted molar refractivity (Wildman–Crippen MR) is 95.1 cm³/mol. The number of anilines is 1. The Morgan fingerprint density at radius 1 is 1.46 bits per heavy atom. The monoisotopic (exact) mass is 345 g/mol. The number of hydrogen-bond acceptors (Lipinski definition) is 5. The van der Waals surface area contributed by atoms with Crippen molar-refractivity contribution in [3.05, 3.63) is 34.2 Å². The number of aromatic nitrogens is 2. The maximum Gasteiger partial charge on any atom is 0.224 e. The van der Waals surface area contributed by atoms with Crippen LogP contribution in [0.25, 0.3) is 0 Å². The van der Waals surface area contributed by atoms with Gasteiger partial charge in [-0.25, -0.2) is 4.68 Å². The van der Waals surface area contributed by atoms with Crippen LogP contribution in [0.5, 0.6) is 0 Å². The van der Waals surface area contributed by atoms with Crippen LogP contribution >= 0.6 is 11.3 Å². The molecule has 2 aliphatic heterocycles. The lowest BCUT2D eigenvalue weighted by Gasteiger charge is -2.27. The average Bonchev–Trinajstić information content (AvgIpc) is 3.25. The van der Waals surface area contributed by atoms with Gasteiger partial charge in [-0.2, -0.15) is 5.10 Å². The lowest BCUT2D eigenvalue weighted by atomic mass is 10.1. The zero-order valence-electron chi connectivity index (χ0n) is 13.7. The van der Waals surface area contributed by atoms with Crippen molar-refractivity contribution >= 4 is 23.1 Å². The quantitative estimate of drug-likeness (QED) is 0.807. The molecule has 0 spiro atoms.